The summed E-state index contributed by atoms with van der Waals surface area (Å²) in [5, 5.41) is 11.5. The highest BCUT2D eigenvalue weighted by Gasteiger charge is 2.33. The van der Waals surface area contributed by atoms with E-state index in [1.807, 2.05) is 13.0 Å². The van der Waals surface area contributed by atoms with Gasteiger partial charge in [0.05, 0.1) is 12.3 Å². The molecule has 4 nitrogen and oxygen atoms in total. The maximum absolute atomic E-state index is 11.6. The zero-order valence-corrected chi connectivity index (χ0v) is 10.2. The molecular formula is C11H10BrNO3. The number of carboxylic acids is 1. The summed E-state index contributed by atoms with van der Waals surface area (Å²) in [5.74, 6) is -1.78. The van der Waals surface area contributed by atoms with Gasteiger partial charge in [-0.05, 0) is 30.2 Å². The molecule has 0 fully saturated rings. The Morgan fingerprint density at radius 2 is 2.25 bits per heavy atom. The van der Waals surface area contributed by atoms with Gasteiger partial charge < -0.3 is 10.4 Å². The summed E-state index contributed by atoms with van der Waals surface area (Å²) in [6, 6.07) is 3.69. The van der Waals surface area contributed by atoms with Crippen molar-refractivity contribution in [2.75, 3.05) is 5.32 Å². The fraction of sp³-hybridized carbons (Fsp3) is 0.273. The Morgan fingerprint density at radius 1 is 1.56 bits per heavy atom. The summed E-state index contributed by atoms with van der Waals surface area (Å²) >= 11 is 3.34. The van der Waals surface area contributed by atoms with Crippen LogP contribution in [0.5, 0.6) is 0 Å². The first-order chi connectivity index (χ1) is 7.49. The monoisotopic (exact) mass is 283 g/mol. The third-order valence-corrected chi connectivity index (χ3v) is 3.11. The van der Waals surface area contributed by atoms with Crippen molar-refractivity contribution in [1.29, 1.82) is 0 Å². The van der Waals surface area contributed by atoms with Gasteiger partial charge in [0.2, 0.25) is 5.91 Å². The highest BCUT2D eigenvalue weighted by Crippen LogP contribution is 2.38. The molecule has 0 radical (unpaired) electrons. The molecule has 1 atom stereocenters. The first-order valence-corrected chi connectivity index (χ1v) is 5.61. The van der Waals surface area contributed by atoms with E-state index in [9.17, 15) is 9.59 Å². The molecule has 0 saturated heterocycles. The van der Waals surface area contributed by atoms with Gasteiger partial charge >= 0.3 is 5.97 Å². The van der Waals surface area contributed by atoms with Gasteiger partial charge in [0, 0.05) is 10.2 Å². The van der Waals surface area contributed by atoms with Crippen LogP contribution in [0, 0.1) is 6.92 Å². The van der Waals surface area contributed by atoms with E-state index in [0.29, 0.717) is 0 Å². The number of amides is 1. The van der Waals surface area contributed by atoms with Gasteiger partial charge in [-0.25, -0.2) is 0 Å². The molecule has 0 aromatic heterocycles. The number of nitrogens with one attached hydrogen (secondary N) is 1. The third-order valence-electron chi connectivity index (χ3n) is 2.65. The fourth-order valence-corrected chi connectivity index (χ4v) is 2.53. The molecule has 16 heavy (non-hydrogen) atoms. The highest BCUT2D eigenvalue weighted by molar-refractivity contribution is 9.10. The number of rotatable bonds is 2. The minimum Gasteiger partial charge on any atom is -0.481 e. The van der Waals surface area contributed by atoms with Crippen molar-refractivity contribution < 1.29 is 14.7 Å². The van der Waals surface area contributed by atoms with Crippen molar-refractivity contribution in [1.82, 2.24) is 0 Å². The smallest absolute Gasteiger partial charge is 0.304 e. The van der Waals surface area contributed by atoms with Crippen LogP contribution in [0.25, 0.3) is 0 Å². The molecule has 1 aromatic rings. The lowest BCUT2D eigenvalue weighted by molar-refractivity contribution is -0.138. The lowest BCUT2D eigenvalue weighted by Gasteiger charge is -2.07. The molecule has 1 unspecified atom stereocenters. The molecule has 1 aromatic carbocycles. The minimum atomic E-state index is -0.967. The second-order valence-corrected chi connectivity index (χ2v) is 4.74. The molecule has 0 saturated carbocycles. The maximum atomic E-state index is 11.6. The van der Waals surface area contributed by atoms with Gasteiger partial charge in [-0.1, -0.05) is 15.9 Å². The second-order valence-electron chi connectivity index (χ2n) is 3.83. The molecule has 2 rings (SSSR count). The number of carbonyl (C=O) groups is 2. The average Bonchev–Trinajstić information content (AvgIpc) is 2.45. The van der Waals surface area contributed by atoms with Gasteiger partial charge in [-0.3, -0.25) is 9.59 Å². The maximum Gasteiger partial charge on any atom is 0.304 e. The number of carbonyl (C=O) groups excluding carboxylic acids is 1. The van der Waals surface area contributed by atoms with E-state index in [-0.39, 0.29) is 12.3 Å². The van der Waals surface area contributed by atoms with Gasteiger partial charge in [0.1, 0.15) is 0 Å². The first kappa shape index (κ1) is 11.1. The van der Waals surface area contributed by atoms with Crippen molar-refractivity contribution in [3.8, 4) is 0 Å². The summed E-state index contributed by atoms with van der Waals surface area (Å²) in [7, 11) is 0. The van der Waals surface area contributed by atoms with Crippen LogP contribution in [0.3, 0.4) is 0 Å². The Kier molecular flexibility index (Phi) is 2.71. The topological polar surface area (TPSA) is 66.4 Å². The minimum absolute atomic E-state index is 0.172. The van der Waals surface area contributed by atoms with Crippen LogP contribution in [-0.2, 0) is 9.59 Å². The molecule has 2 N–H and O–H groups in total. The van der Waals surface area contributed by atoms with Crippen molar-refractivity contribution in [3.05, 3.63) is 27.7 Å². The van der Waals surface area contributed by atoms with Crippen molar-refractivity contribution >= 4 is 33.5 Å². The zero-order valence-electron chi connectivity index (χ0n) is 8.58. The summed E-state index contributed by atoms with van der Waals surface area (Å²) in [4.78, 5) is 22.3. The predicted octanol–water partition coefficient (Wildman–Crippen LogP) is 2.27. The quantitative estimate of drug-likeness (QED) is 0.875. The van der Waals surface area contributed by atoms with E-state index in [1.54, 1.807) is 6.07 Å². The van der Waals surface area contributed by atoms with E-state index >= 15 is 0 Å². The largest absolute Gasteiger partial charge is 0.481 e. The first-order valence-electron chi connectivity index (χ1n) is 4.81. The number of hydrogen-bond acceptors (Lipinski definition) is 2. The number of benzene rings is 1. The predicted molar refractivity (Wildman–Crippen MR) is 62.5 cm³/mol. The molecule has 0 bridgehead atoms. The number of aliphatic carboxylic acids is 1. The molecular weight excluding hydrogens is 274 g/mol. The Hall–Kier alpha value is -1.36. The Balaban J connectivity index is 2.47. The molecule has 1 aliphatic rings. The normalized spacial score (nSPS) is 18.1. The lowest BCUT2D eigenvalue weighted by atomic mass is 9.96. The van der Waals surface area contributed by atoms with Crippen LogP contribution >= 0.6 is 15.9 Å². The van der Waals surface area contributed by atoms with Crippen LogP contribution in [0.15, 0.2) is 16.6 Å². The fourth-order valence-electron chi connectivity index (χ4n) is 1.94. The van der Waals surface area contributed by atoms with Gasteiger partial charge in [0.15, 0.2) is 0 Å². The van der Waals surface area contributed by atoms with E-state index in [4.69, 9.17) is 5.11 Å². The number of hydrogen-bond donors (Lipinski definition) is 2. The molecule has 0 aliphatic carbocycles. The standard InChI is InChI=1S/C11H10BrNO3/c1-5-2-6(12)3-7-8(4-9(14)15)11(16)13-10(5)7/h2-3,8H,4H2,1H3,(H,13,16)(H,14,15). The summed E-state index contributed by atoms with van der Waals surface area (Å²) in [5.41, 5.74) is 2.45. The van der Waals surface area contributed by atoms with Crippen LogP contribution in [-0.4, -0.2) is 17.0 Å². The van der Waals surface area contributed by atoms with Crippen LogP contribution in [0.4, 0.5) is 5.69 Å². The number of anilines is 1. The van der Waals surface area contributed by atoms with Crippen molar-refractivity contribution in [2.45, 2.75) is 19.3 Å². The highest BCUT2D eigenvalue weighted by atomic mass is 79.9. The number of carboxylic acid groups (broad SMARTS) is 1. The number of aryl methyl sites for hydroxylation is 1. The Morgan fingerprint density at radius 3 is 2.88 bits per heavy atom. The van der Waals surface area contributed by atoms with E-state index in [1.165, 1.54) is 0 Å². The Labute approximate surface area is 101 Å². The summed E-state index contributed by atoms with van der Waals surface area (Å²) < 4.78 is 0.857. The molecule has 0 spiro atoms. The van der Waals surface area contributed by atoms with Crippen LogP contribution in [0.1, 0.15) is 23.5 Å². The molecule has 1 heterocycles. The van der Waals surface area contributed by atoms with Crippen LogP contribution in [0.2, 0.25) is 0 Å². The lowest BCUT2D eigenvalue weighted by Crippen LogP contribution is -2.15. The summed E-state index contributed by atoms with van der Waals surface area (Å²) in [6.07, 6.45) is -0.172. The molecule has 84 valence electrons. The molecule has 1 amide bonds. The van der Waals surface area contributed by atoms with Gasteiger partial charge in [0.25, 0.3) is 0 Å². The Bertz CT molecular complexity index is 484. The van der Waals surface area contributed by atoms with Gasteiger partial charge in [-0.15, -0.1) is 0 Å². The second kappa shape index (κ2) is 3.90. The SMILES string of the molecule is Cc1cc(Br)cc2c1NC(=O)C2CC(=O)O. The van der Waals surface area contributed by atoms with E-state index in [2.05, 4.69) is 21.2 Å². The van der Waals surface area contributed by atoms with E-state index < -0.39 is 11.9 Å². The summed E-state index contributed by atoms with van der Waals surface area (Å²) in [6.45, 7) is 1.88. The number of fused-ring (bicyclic) bond motifs is 1. The van der Waals surface area contributed by atoms with Crippen molar-refractivity contribution in [2.24, 2.45) is 0 Å². The number of halogens is 1. The zero-order chi connectivity index (χ0) is 11.9. The molecule has 1 aliphatic heterocycles. The molecule has 5 heteroatoms. The van der Waals surface area contributed by atoms with Crippen LogP contribution < -0.4 is 5.32 Å². The third kappa shape index (κ3) is 1.82. The van der Waals surface area contributed by atoms with E-state index in [0.717, 1.165) is 21.3 Å². The van der Waals surface area contributed by atoms with Crippen molar-refractivity contribution in [3.63, 3.8) is 0 Å². The average molecular weight is 284 g/mol. The van der Waals surface area contributed by atoms with Gasteiger partial charge in [-0.2, -0.15) is 0 Å².